The maximum Gasteiger partial charge on any atom is 0.119 e. The zero-order valence-corrected chi connectivity index (χ0v) is 9.96. The van der Waals surface area contributed by atoms with Gasteiger partial charge in [0.15, 0.2) is 0 Å². The molecule has 4 aliphatic carbocycles. The van der Waals surface area contributed by atoms with Crippen LogP contribution in [0.5, 0.6) is 5.75 Å². The normalized spacial score (nSPS) is 41.8. The van der Waals surface area contributed by atoms with Crippen molar-refractivity contribution in [1.82, 2.24) is 0 Å². The predicted octanol–water partition coefficient (Wildman–Crippen LogP) is 3.67. The van der Waals surface area contributed by atoms with Gasteiger partial charge in [0.2, 0.25) is 0 Å². The summed E-state index contributed by atoms with van der Waals surface area (Å²) in [6.45, 7) is 0. The molecular formula is C16H18O. The summed E-state index contributed by atoms with van der Waals surface area (Å²) in [7, 11) is 0. The summed E-state index contributed by atoms with van der Waals surface area (Å²) in [6.07, 6.45) is 9.37. The van der Waals surface area contributed by atoms with Crippen molar-refractivity contribution < 1.29 is 4.74 Å². The zero-order chi connectivity index (χ0) is 11.2. The molecule has 1 aromatic rings. The minimum absolute atomic E-state index is 0.461. The van der Waals surface area contributed by atoms with Crippen molar-refractivity contribution in [3.05, 3.63) is 42.5 Å². The molecule has 0 unspecified atom stereocenters. The van der Waals surface area contributed by atoms with E-state index in [2.05, 4.69) is 36.4 Å². The molecule has 0 amide bonds. The Hall–Kier alpha value is -1.24. The van der Waals surface area contributed by atoms with E-state index in [4.69, 9.17) is 4.74 Å². The van der Waals surface area contributed by atoms with Gasteiger partial charge in [0.25, 0.3) is 0 Å². The van der Waals surface area contributed by atoms with Crippen LogP contribution >= 0.6 is 0 Å². The first-order valence-corrected chi connectivity index (χ1v) is 6.82. The Bertz CT molecular complexity index is 436. The van der Waals surface area contributed by atoms with Crippen molar-refractivity contribution >= 4 is 0 Å². The van der Waals surface area contributed by atoms with Crippen molar-refractivity contribution in [3.8, 4) is 5.75 Å². The second-order valence-electron chi connectivity index (χ2n) is 5.75. The van der Waals surface area contributed by atoms with E-state index in [1.807, 2.05) is 6.07 Å². The Morgan fingerprint density at radius 3 is 2.47 bits per heavy atom. The summed E-state index contributed by atoms with van der Waals surface area (Å²) in [5.41, 5.74) is 0. The van der Waals surface area contributed by atoms with Gasteiger partial charge in [-0.2, -0.15) is 0 Å². The van der Waals surface area contributed by atoms with Crippen LogP contribution in [-0.4, -0.2) is 6.10 Å². The number of hydrogen-bond donors (Lipinski definition) is 0. The van der Waals surface area contributed by atoms with E-state index in [0.717, 1.165) is 29.4 Å². The lowest BCUT2D eigenvalue weighted by molar-refractivity contribution is -0.0426. The van der Waals surface area contributed by atoms with Crippen LogP contribution in [0.4, 0.5) is 0 Å². The van der Waals surface area contributed by atoms with Crippen molar-refractivity contribution in [3.63, 3.8) is 0 Å². The standard InChI is InChI=1S/C16H18O/c1-2-4-12(5-3-1)17-16-10-11-6-7-15(16)14-9-8-13(11)14/h1-5,8-9,11,13-16H,6-7,10H2/t11-,13-,14+,15+,16-/m0/s1. The van der Waals surface area contributed by atoms with Crippen LogP contribution in [0.15, 0.2) is 42.5 Å². The van der Waals surface area contributed by atoms with E-state index < -0.39 is 0 Å². The van der Waals surface area contributed by atoms with Gasteiger partial charge < -0.3 is 4.74 Å². The van der Waals surface area contributed by atoms with E-state index in [1.165, 1.54) is 19.3 Å². The molecule has 0 aliphatic heterocycles. The van der Waals surface area contributed by atoms with Crippen molar-refractivity contribution in [1.29, 1.82) is 0 Å². The second-order valence-corrected chi connectivity index (χ2v) is 5.75. The molecule has 1 aromatic carbocycles. The Balaban J connectivity index is 1.55. The lowest BCUT2D eigenvalue weighted by atomic mass is 9.53. The second kappa shape index (κ2) is 3.63. The highest BCUT2D eigenvalue weighted by atomic mass is 16.5. The number of benzene rings is 1. The number of allylic oxidation sites excluding steroid dienone is 2. The SMILES string of the molecule is C1=C[C@H]2[C@H]3CC[C@H]([C@H]12)[C@@H](Oc1ccccc1)C3. The van der Waals surface area contributed by atoms with Crippen LogP contribution in [0.25, 0.3) is 0 Å². The number of ether oxygens (including phenoxy) is 1. The van der Waals surface area contributed by atoms with Crippen molar-refractivity contribution in [2.75, 3.05) is 0 Å². The summed E-state index contributed by atoms with van der Waals surface area (Å²) in [4.78, 5) is 0. The largest absolute Gasteiger partial charge is 0.490 e. The van der Waals surface area contributed by atoms with Gasteiger partial charge in [0.1, 0.15) is 11.9 Å². The van der Waals surface area contributed by atoms with Crippen LogP contribution in [0, 0.1) is 23.7 Å². The Morgan fingerprint density at radius 2 is 1.76 bits per heavy atom. The highest BCUT2D eigenvalue weighted by Gasteiger charge is 2.50. The number of fused-ring (bicyclic) bond motifs is 2. The average molecular weight is 226 g/mol. The molecule has 5 rings (SSSR count). The number of para-hydroxylation sites is 1. The fourth-order valence-corrected chi connectivity index (χ4v) is 4.05. The van der Waals surface area contributed by atoms with Crippen molar-refractivity contribution in [2.45, 2.75) is 25.4 Å². The molecule has 0 radical (unpaired) electrons. The molecule has 5 atom stereocenters. The fraction of sp³-hybridized carbons (Fsp3) is 0.500. The first-order valence-electron chi connectivity index (χ1n) is 6.82. The summed E-state index contributed by atoms with van der Waals surface area (Å²) in [6, 6.07) is 10.3. The van der Waals surface area contributed by atoms with Crippen LogP contribution in [0.1, 0.15) is 19.3 Å². The van der Waals surface area contributed by atoms with Gasteiger partial charge in [-0.25, -0.2) is 0 Å². The molecule has 0 saturated heterocycles. The minimum Gasteiger partial charge on any atom is -0.490 e. The first-order chi connectivity index (χ1) is 8.42. The molecule has 4 aliphatic rings. The monoisotopic (exact) mass is 226 g/mol. The summed E-state index contributed by atoms with van der Waals surface area (Å²) < 4.78 is 6.21. The molecular weight excluding hydrogens is 208 g/mol. The summed E-state index contributed by atoms with van der Waals surface area (Å²) >= 11 is 0. The van der Waals surface area contributed by atoms with Gasteiger partial charge in [-0.1, -0.05) is 30.4 Å². The van der Waals surface area contributed by atoms with Gasteiger partial charge in [0, 0.05) is 5.92 Å². The molecule has 2 bridgehead atoms. The van der Waals surface area contributed by atoms with Crippen LogP contribution in [0.2, 0.25) is 0 Å². The first kappa shape index (κ1) is 9.76. The quantitative estimate of drug-likeness (QED) is 0.699. The van der Waals surface area contributed by atoms with E-state index in [1.54, 1.807) is 0 Å². The van der Waals surface area contributed by atoms with Crippen LogP contribution < -0.4 is 4.74 Å². The Labute approximate surface area is 102 Å². The minimum atomic E-state index is 0.461. The predicted molar refractivity (Wildman–Crippen MR) is 67.8 cm³/mol. The highest BCUT2D eigenvalue weighted by Crippen LogP contribution is 2.54. The molecule has 1 heteroatoms. The van der Waals surface area contributed by atoms with Crippen molar-refractivity contribution in [2.24, 2.45) is 23.7 Å². The third-order valence-corrected chi connectivity index (χ3v) is 4.95. The van der Waals surface area contributed by atoms with E-state index in [-0.39, 0.29) is 0 Å². The van der Waals surface area contributed by atoms with Gasteiger partial charge in [-0.05, 0) is 49.1 Å². The molecule has 1 nitrogen and oxygen atoms in total. The molecule has 3 fully saturated rings. The average Bonchev–Trinajstić information content (AvgIpc) is 2.31. The molecule has 3 saturated carbocycles. The lowest BCUT2D eigenvalue weighted by Crippen LogP contribution is -2.51. The lowest BCUT2D eigenvalue weighted by Gasteiger charge is -2.54. The smallest absolute Gasteiger partial charge is 0.119 e. The topological polar surface area (TPSA) is 9.23 Å². The highest BCUT2D eigenvalue weighted by molar-refractivity contribution is 5.23. The van der Waals surface area contributed by atoms with E-state index >= 15 is 0 Å². The van der Waals surface area contributed by atoms with Gasteiger partial charge in [-0.15, -0.1) is 0 Å². The number of hydrogen-bond acceptors (Lipinski definition) is 1. The van der Waals surface area contributed by atoms with Gasteiger partial charge in [-0.3, -0.25) is 0 Å². The summed E-state index contributed by atoms with van der Waals surface area (Å²) in [5, 5.41) is 0. The maximum atomic E-state index is 6.21. The van der Waals surface area contributed by atoms with Crippen LogP contribution in [-0.2, 0) is 0 Å². The molecule has 0 spiro atoms. The van der Waals surface area contributed by atoms with E-state index in [9.17, 15) is 0 Å². The Kier molecular flexibility index (Phi) is 2.08. The van der Waals surface area contributed by atoms with Crippen LogP contribution in [0.3, 0.4) is 0 Å². The van der Waals surface area contributed by atoms with E-state index in [0.29, 0.717) is 6.10 Å². The summed E-state index contributed by atoms with van der Waals surface area (Å²) in [5.74, 6) is 4.43. The van der Waals surface area contributed by atoms with Gasteiger partial charge in [0.05, 0.1) is 0 Å². The molecule has 17 heavy (non-hydrogen) atoms. The maximum absolute atomic E-state index is 6.21. The fourth-order valence-electron chi connectivity index (χ4n) is 4.05. The molecule has 0 N–H and O–H groups in total. The Morgan fingerprint density at radius 1 is 0.941 bits per heavy atom. The number of rotatable bonds is 2. The molecule has 88 valence electrons. The zero-order valence-electron chi connectivity index (χ0n) is 9.96. The third kappa shape index (κ3) is 1.45. The molecule has 0 aromatic heterocycles. The third-order valence-electron chi connectivity index (χ3n) is 4.95. The molecule has 0 heterocycles. The van der Waals surface area contributed by atoms with Gasteiger partial charge >= 0.3 is 0 Å².